The van der Waals surface area contributed by atoms with Crippen molar-refractivity contribution in [3.05, 3.63) is 52.8 Å². The molecule has 1 atom stereocenters. The van der Waals surface area contributed by atoms with Crippen molar-refractivity contribution in [2.75, 3.05) is 6.54 Å². The highest BCUT2D eigenvalue weighted by molar-refractivity contribution is 7.17. The lowest BCUT2D eigenvalue weighted by Crippen LogP contribution is -2.31. The van der Waals surface area contributed by atoms with Crippen LogP contribution < -0.4 is 0 Å². The van der Waals surface area contributed by atoms with Gasteiger partial charge in [-0.25, -0.2) is 4.98 Å². The SMILES string of the molecule is Cc1ccc2nc(C3CCCN3C(=O)c3cc4sccc4[nH]3)[nH]c2c1. The number of aromatic nitrogens is 3. The second kappa shape index (κ2) is 5.46. The molecular formula is C19H18N4OS. The van der Waals surface area contributed by atoms with Crippen LogP contribution in [-0.2, 0) is 0 Å². The average Bonchev–Trinajstić information content (AvgIpc) is 3.34. The second-order valence-corrected chi connectivity index (χ2v) is 7.63. The summed E-state index contributed by atoms with van der Waals surface area (Å²) in [5.41, 5.74) is 4.90. The lowest BCUT2D eigenvalue weighted by molar-refractivity contribution is 0.0725. The van der Waals surface area contributed by atoms with Crippen LogP contribution in [0.1, 0.15) is 40.8 Å². The number of carbonyl (C=O) groups is 1. The molecular weight excluding hydrogens is 332 g/mol. The molecule has 1 unspecified atom stereocenters. The van der Waals surface area contributed by atoms with E-state index in [1.807, 2.05) is 28.5 Å². The van der Waals surface area contributed by atoms with Gasteiger partial charge < -0.3 is 14.9 Å². The first-order valence-electron chi connectivity index (χ1n) is 8.52. The van der Waals surface area contributed by atoms with Crippen molar-refractivity contribution in [3.8, 4) is 0 Å². The van der Waals surface area contributed by atoms with E-state index in [1.54, 1.807) is 11.3 Å². The summed E-state index contributed by atoms with van der Waals surface area (Å²) in [6.07, 6.45) is 1.95. The monoisotopic (exact) mass is 350 g/mol. The Morgan fingerprint density at radius 2 is 2.16 bits per heavy atom. The summed E-state index contributed by atoms with van der Waals surface area (Å²) in [4.78, 5) is 26.4. The molecule has 0 saturated carbocycles. The first-order valence-corrected chi connectivity index (χ1v) is 9.40. The molecule has 25 heavy (non-hydrogen) atoms. The number of aryl methyl sites for hydroxylation is 1. The number of amides is 1. The zero-order valence-electron chi connectivity index (χ0n) is 13.9. The Bertz CT molecular complexity index is 1060. The van der Waals surface area contributed by atoms with Gasteiger partial charge in [-0.2, -0.15) is 0 Å². The zero-order valence-corrected chi connectivity index (χ0v) is 14.7. The molecule has 5 nitrogen and oxygen atoms in total. The normalized spacial score (nSPS) is 17.8. The summed E-state index contributed by atoms with van der Waals surface area (Å²) >= 11 is 1.65. The van der Waals surface area contributed by atoms with Gasteiger partial charge in [-0.05, 0) is 55.0 Å². The molecule has 1 aliphatic rings. The van der Waals surface area contributed by atoms with Crippen LogP contribution in [0, 0.1) is 6.92 Å². The minimum Gasteiger partial charge on any atom is -0.350 e. The van der Waals surface area contributed by atoms with E-state index >= 15 is 0 Å². The summed E-state index contributed by atoms with van der Waals surface area (Å²) in [5, 5.41) is 2.03. The predicted molar refractivity (Wildman–Crippen MR) is 100 cm³/mol. The number of thiophene rings is 1. The van der Waals surface area contributed by atoms with Crippen LogP contribution in [0.4, 0.5) is 0 Å². The van der Waals surface area contributed by atoms with Crippen LogP contribution in [0.15, 0.2) is 35.7 Å². The van der Waals surface area contributed by atoms with Crippen molar-refractivity contribution in [1.82, 2.24) is 19.9 Å². The summed E-state index contributed by atoms with van der Waals surface area (Å²) < 4.78 is 1.12. The third kappa shape index (κ3) is 2.36. The Morgan fingerprint density at radius 3 is 3.04 bits per heavy atom. The Labute approximate surface area is 148 Å². The predicted octanol–water partition coefficient (Wildman–Crippen LogP) is 4.39. The number of fused-ring (bicyclic) bond motifs is 2. The second-order valence-electron chi connectivity index (χ2n) is 6.68. The number of hydrogen-bond acceptors (Lipinski definition) is 3. The van der Waals surface area contributed by atoms with Crippen LogP contribution in [0.2, 0.25) is 0 Å². The first kappa shape index (κ1) is 14.7. The van der Waals surface area contributed by atoms with Gasteiger partial charge in [0.1, 0.15) is 11.5 Å². The number of imidazole rings is 1. The number of rotatable bonds is 2. The van der Waals surface area contributed by atoms with Crippen molar-refractivity contribution in [3.63, 3.8) is 0 Å². The molecule has 0 spiro atoms. The molecule has 3 aromatic heterocycles. The fraction of sp³-hybridized carbons (Fsp3) is 0.263. The summed E-state index contributed by atoms with van der Waals surface area (Å²) in [6, 6.07) is 10.2. The molecule has 2 N–H and O–H groups in total. The maximum Gasteiger partial charge on any atom is 0.270 e. The maximum atomic E-state index is 13.0. The van der Waals surface area contributed by atoms with Gasteiger partial charge in [0, 0.05) is 6.54 Å². The highest BCUT2D eigenvalue weighted by Crippen LogP contribution is 2.33. The standard InChI is InChI=1S/C19H18N4OS/c1-11-4-5-12-14(9-11)22-18(21-12)16-3-2-7-23(16)19(24)15-10-17-13(20-15)6-8-25-17/h4-6,8-10,16,20H,2-3,7H2,1H3,(H,21,22). The minimum absolute atomic E-state index is 0.0153. The van der Waals surface area contributed by atoms with Crippen molar-refractivity contribution in [2.45, 2.75) is 25.8 Å². The van der Waals surface area contributed by atoms with Gasteiger partial charge in [-0.3, -0.25) is 4.79 Å². The largest absolute Gasteiger partial charge is 0.350 e. The van der Waals surface area contributed by atoms with Gasteiger partial charge in [0.15, 0.2) is 0 Å². The zero-order chi connectivity index (χ0) is 17.0. The van der Waals surface area contributed by atoms with Crippen LogP contribution in [-0.4, -0.2) is 32.3 Å². The van der Waals surface area contributed by atoms with E-state index in [4.69, 9.17) is 4.98 Å². The number of aromatic amines is 2. The number of nitrogens with one attached hydrogen (secondary N) is 2. The van der Waals surface area contributed by atoms with Crippen molar-refractivity contribution >= 4 is 38.5 Å². The van der Waals surface area contributed by atoms with Gasteiger partial charge in [-0.1, -0.05) is 6.07 Å². The van der Waals surface area contributed by atoms with Crippen molar-refractivity contribution < 1.29 is 4.79 Å². The van der Waals surface area contributed by atoms with E-state index < -0.39 is 0 Å². The number of likely N-dealkylation sites (tertiary alicyclic amines) is 1. The molecule has 0 radical (unpaired) electrons. The Morgan fingerprint density at radius 1 is 1.24 bits per heavy atom. The third-order valence-corrected chi connectivity index (χ3v) is 5.82. The van der Waals surface area contributed by atoms with Crippen LogP contribution in [0.3, 0.4) is 0 Å². The fourth-order valence-electron chi connectivity index (χ4n) is 3.71. The number of nitrogens with zero attached hydrogens (tertiary/aromatic N) is 2. The molecule has 1 aliphatic heterocycles. The molecule has 1 amide bonds. The molecule has 0 bridgehead atoms. The van der Waals surface area contributed by atoms with Crippen LogP contribution in [0.5, 0.6) is 0 Å². The summed E-state index contributed by atoms with van der Waals surface area (Å²) in [6.45, 7) is 2.84. The van der Waals surface area contributed by atoms with Gasteiger partial charge >= 0.3 is 0 Å². The Balaban J connectivity index is 1.49. The fourth-order valence-corrected chi connectivity index (χ4v) is 4.50. The summed E-state index contributed by atoms with van der Waals surface area (Å²) in [5.74, 6) is 0.947. The van der Waals surface area contributed by atoms with Gasteiger partial charge in [0.25, 0.3) is 5.91 Å². The average molecular weight is 350 g/mol. The van der Waals surface area contributed by atoms with Crippen molar-refractivity contribution in [1.29, 1.82) is 0 Å². The van der Waals surface area contributed by atoms with E-state index in [-0.39, 0.29) is 11.9 Å². The van der Waals surface area contributed by atoms with Gasteiger partial charge in [0.05, 0.1) is 27.3 Å². The topological polar surface area (TPSA) is 64.8 Å². The van der Waals surface area contributed by atoms with Gasteiger partial charge in [0.2, 0.25) is 0 Å². The van der Waals surface area contributed by atoms with E-state index in [0.717, 1.165) is 46.5 Å². The van der Waals surface area contributed by atoms with Crippen LogP contribution in [0.25, 0.3) is 21.3 Å². The number of H-pyrrole nitrogens is 2. The van der Waals surface area contributed by atoms with Crippen LogP contribution >= 0.6 is 11.3 Å². The molecule has 0 aliphatic carbocycles. The lowest BCUT2D eigenvalue weighted by atomic mass is 10.2. The highest BCUT2D eigenvalue weighted by atomic mass is 32.1. The molecule has 1 aromatic carbocycles. The smallest absolute Gasteiger partial charge is 0.270 e. The van der Waals surface area contributed by atoms with E-state index in [1.165, 1.54) is 5.56 Å². The molecule has 4 heterocycles. The van der Waals surface area contributed by atoms with Crippen molar-refractivity contribution in [2.24, 2.45) is 0 Å². The molecule has 1 saturated heterocycles. The Kier molecular flexibility index (Phi) is 3.21. The third-order valence-electron chi connectivity index (χ3n) is 4.96. The quantitative estimate of drug-likeness (QED) is 0.563. The number of benzene rings is 1. The van der Waals surface area contributed by atoms with E-state index in [9.17, 15) is 4.79 Å². The maximum absolute atomic E-state index is 13.0. The number of carbonyl (C=O) groups excluding carboxylic acids is 1. The molecule has 1 fully saturated rings. The highest BCUT2D eigenvalue weighted by Gasteiger charge is 2.33. The lowest BCUT2D eigenvalue weighted by Gasteiger charge is -2.22. The molecule has 6 heteroatoms. The van der Waals surface area contributed by atoms with E-state index in [0.29, 0.717) is 5.69 Å². The first-order chi connectivity index (χ1) is 12.2. The van der Waals surface area contributed by atoms with Gasteiger partial charge in [-0.15, -0.1) is 11.3 Å². The number of hydrogen-bond donors (Lipinski definition) is 2. The summed E-state index contributed by atoms with van der Waals surface area (Å²) in [7, 11) is 0. The molecule has 4 aromatic rings. The molecule has 5 rings (SSSR count). The molecule has 126 valence electrons. The minimum atomic E-state index is 0.0153. The van der Waals surface area contributed by atoms with E-state index in [2.05, 4.69) is 29.0 Å². The Hall–Kier alpha value is -2.60.